The Hall–Kier alpha value is -3.39. The molecule has 5 nitrogen and oxygen atoms in total. The van der Waals surface area contributed by atoms with Crippen molar-refractivity contribution in [1.29, 1.82) is 0 Å². The molecule has 7 heteroatoms. The van der Waals surface area contributed by atoms with Crippen molar-refractivity contribution in [1.82, 2.24) is 9.88 Å². The molecule has 1 fully saturated rings. The number of likely N-dealkylation sites (tertiary alicyclic amines) is 1. The molecule has 3 aromatic carbocycles. The molecule has 0 N–H and O–H groups in total. The molecule has 40 heavy (non-hydrogen) atoms. The lowest BCUT2D eigenvalue weighted by molar-refractivity contribution is 0.105. The Morgan fingerprint density at radius 3 is 2.15 bits per heavy atom. The number of benzene rings is 3. The van der Waals surface area contributed by atoms with Crippen LogP contribution in [0, 0.1) is 6.92 Å². The second kappa shape index (κ2) is 13.8. The average molecular weight is 571 g/mol. The Bertz CT molecular complexity index is 1420. The minimum absolute atomic E-state index is 0.0248. The number of hydrogen-bond donors (Lipinski definition) is 0. The Kier molecular flexibility index (Phi) is 9.71. The number of rotatable bonds is 12. The third kappa shape index (κ3) is 7.22. The number of aryl methyl sites for hydroxylation is 1. The Labute approximate surface area is 244 Å². The first kappa shape index (κ1) is 28.1. The summed E-state index contributed by atoms with van der Waals surface area (Å²) in [4.78, 5) is 21.8. The molecular formula is C33H34N2O3S2. The summed E-state index contributed by atoms with van der Waals surface area (Å²) in [6.45, 7) is 6.36. The largest absolute Gasteiger partial charge is 0.492 e. The van der Waals surface area contributed by atoms with Gasteiger partial charge in [0, 0.05) is 28.0 Å². The molecule has 0 radical (unpaired) electrons. The van der Waals surface area contributed by atoms with Crippen molar-refractivity contribution >= 4 is 39.4 Å². The number of allylic oxidation sites excluding steroid dienone is 1. The zero-order valence-corrected chi connectivity index (χ0v) is 24.6. The Morgan fingerprint density at radius 2 is 1.52 bits per heavy atom. The van der Waals surface area contributed by atoms with E-state index in [0.717, 1.165) is 39.0 Å². The third-order valence-corrected chi connectivity index (χ3v) is 8.55. The predicted octanol–water partition coefficient (Wildman–Crippen LogP) is 7.62. The van der Waals surface area contributed by atoms with E-state index in [0.29, 0.717) is 30.1 Å². The highest BCUT2D eigenvalue weighted by Gasteiger charge is 2.21. The normalized spacial score (nSPS) is 14.2. The summed E-state index contributed by atoms with van der Waals surface area (Å²) in [5.41, 5.74) is 4.09. The van der Waals surface area contributed by atoms with Crippen LogP contribution in [0.3, 0.4) is 0 Å². The van der Waals surface area contributed by atoms with Crippen LogP contribution in [0.1, 0.15) is 45.0 Å². The van der Waals surface area contributed by atoms with Crippen LogP contribution in [0.5, 0.6) is 11.5 Å². The highest BCUT2D eigenvalue weighted by molar-refractivity contribution is 8.08. The molecular weight excluding hydrogens is 537 g/mol. The van der Waals surface area contributed by atoms with Gasteiger partial charge in [0.1, 0.15) is 24.7 Å². The van der Waals surface area contributed by atoms with Crippen LogP contribution >= 0.6 is 23.1 Å². The van der Waals surface area contributed by atoms with Crippen LogP contribution in [0.4, 0.5) is 0 Å². The zero-order valence-electron chi connectivity index (χ0n) is 23.0. The molecule has 0 amide bonds. The van der Waals surface area contributed by atoms with E-state index in [1.807, 2.05) is 97.4 Å². The van der Waals surface area contributed by atoms with Crippen LogP contribution in [0.25, 0.3) is 10.5 Å². The monoisotopic (exact) mass is 570 g/mol. The van der Waals surface area contributed by atoms with E-state index in [4.69, 9.17) is 9.47 Å². The smallest absolute Gasteiger partial charge is 0.194 e. The van der Waals surface area contributed by atoms with Crippen molar-refractivity contribution in [2.24, 2.45) is 0 Å². The number of thioether (sulfide) groups is 1. The molecule has 1 aliphatic heterocycles. The van der Waals surface area contributed by atoms with Gasteiger partial charge in [-0.15, -0.1) is 23.1 Å². The highest BCUT2D eigenvalue weighted by atomic mass is 32.2. The summed E-state index contributed by atoms with van der Waals surface area (Å²) < 4.78 is 11.9. The van der Waals surface area contributed by atoms with E-state index >= 15 is 0 Å². The van der Waals surface area contributed by atoms with Gasteiger partial charge in [0.05, 0.1) is 10.7 Å². The molecule has 1 aliphatic rings. The number of carbonyl (C=O) groups is 1. The number of ketones is 1. The molecule has 2 heterocycles. The molecule has 0 bridgehead atoms. The molecule has 4 aromatic rings. The summed E-state index contributed by atoms with van der Waals surface area (Å²) in [7, 11) is 0. The van der Waals surface area contributed by atoms with Crippen LogP contribution in [0.2, 0.25) is 0 Å². The van der Waals surface area contributed by atoms with E-state index in [1.54, 1.807) is 23.1 Å². The van der Waals surface area contributed by atoms with Gasteiger partial charge < -0.3 is 9.47 Å². The topological polar surface area (TPSA) is 51.7 Å². The van der Waals surface area contributed by atoms with Crippen molar-refractivity contribution in [2.45, 2.75) is 26.4 Å². The highest BCUT2D eigenvalue weighted by Crippen LogP contribution is 2.37. The van der Waals surface area contributed by atoms with Crippen molar-refractivity contribution < 1.29 is 14.3 Å². The standard InChI is InChI=1S/C33H34N2O3S2/c1-24-34-28(23-40-24)22-38-30-14-10-26(11-15-30)32(36)31(25-8-4-3-5-9-25)33(39-2)27-12-16-29(17-13-27)37-21-20-35-18-6-7-19-35/h3-5,8-17,23H,6-7,18-22H2,1-2H3. The second-order valence-corrected chi connectivity index (χ2v) is 11.6. The van der Waals surface area contributed by atoms with Gasteiger partial charge in [-0.05, 0) is 86.6 Å². The van der Waals surface area contributed by atoms with Gasteiger partial charge in [-0.1, -0.05) is 42.5 Å². The van der Waals surface area contributed by atoms with Crippen molar-refractivity contribution in [3.63, 3.8) is 0 Å². The fourth-order valence-corrected chi connectivity index (χ4v) is 6.20. The fourth-order valence-electron chi connectivity index (χ4n) is 4.81. The maximum atomic E-state index is 14.0. The van der Waals surface area contributed by atoms with E-state index in [1.165, 1.54) is 25.9 Å². The number of carbonyl (C=O) groups excluding carboxylic acids is 1. The van der Waals surface area contributed by atoms with Crippen LogP contribution in [-0.4, -0.2) is 48.2 Å². The quantitative estimate of drug-likeness (QED) is 0.0992. The first-order valence-corrected chi connectivity index (χ1v) is 15.7. The zero-order chi connectivity index (χ0) is 27.7. The van der Waals surface area contributed by atoms with Gasteiger partial charge in [0.15, 0.2) is 5.78 Å². The van der Waals surface area contributed by atoms with E-state index < -0.39 is 0 Å². The minimum Gasteiger partial charge on any atom is -0.492 e. The van der Waals surface area contributed by atoms with E-state index in [-0.39, 0.29) is 5.78 Å². The van der Waals surface area contributed by atoms with E-state index in [2.05, 4.69) is 9.88 Å². The second-order valence-electron chi connectivity index (χ2n) is 9.70. The number of aromatic nitrogens is 1. The lowest BCUT2D eigenvalue weighted by Gasteiger charge is -2.16. The lowest BCUT2D eigenvalue weighted by Crippen LogP contribution is -2.25. The molecule has 1 saturated heterocycles. The van der Waals surface area contributed by atoms with Crippen LogP contribution < -0.4 is 9.47 Å². The van der Waals surface area contributed by atoms with Gasteiger partial charge in [-0.3, -0.25) is 9.69 Å². The fraction of sp³-hybridized carbons (Fsp3) is 0.273. The average Bonchev–Trinajstić information content (AvgIpc) is 3.67. The Balaban J connectivity index is 1.35. The number of ether oxygens (including phenoxy) is 2. The van der Waals surface area contributed by atoms with Gasteiger partial charge in [0.2, 0.25) is 0 Å². The molecule has 5 rings (SSSR count). The SMILES string of the molecule is CSC(=C(C(=O)c1ccc(OCc2csc(C)n2)cc1)c1ccccc1)c1ccc(OCCN2CCCC2)cc1. The Morgan fingerprint density at radius 1 is 0.875 bits per heavy atom. The molecule has 0 unspecified atom stereocenters. The van der Waals surface area contributed by atoms with Crippen molar-refractivity contribution in [2.75, 3.05) is 32.5 Å². The third-order valence-electron chi connectivity index (χ3n) is 6.88. The first-order valence-electron chi connectivity index (χ1n) is 13.6. The number of thiazole rings is 1. The molecule has 1 aromatic heterocycles. The molecule has 0 aliphatic carbocycles. The maximum absolute atomic E-state index is 14.0. The van der Waals surface area contributed by atoms with Gasteiger partial charge >= 0.3 is 0 Å². The lowest BCUT2D eigenvalue weighted by atomic mass is 9.94. The molecule has 0 saturated carbocycles. The van der Waals surface area contributed by atoms with Gasteiger partial charge in [-0.25, -0.2) is 4.98 Å². The molecule has 0 spiro atoms. The molecule has 0 atom stereocenters. The van der Waals surface area contributed by atoms with Crippen molar-refractivity contribution in [3.05, 3.63) is 112 Å². The maximum Gasteiger partial charge on any atom is 0.194 e. The summed E-state index contributed by atoms with van der Waals surface area (Å²) in [6, 6.07) is 25.3. The summed E-state index contributed by atoms with van der Waals surface area (Å²) in [6.07, 6.45) is 4.58. The van der Waals surface area contributed by atoms with E-state index in [9.17, 15) is 4.79 Å². The predicted molar refractivity (Wildman–Crippen MR) is 166 cm³/mol. The van der Waals surface area contributed by atoms with Crippen LogP contribution in [-0.2, 0) is 6.61 Å². The number of hydrogen-bond acceptors (Lipinski definition) is 7. The summed E-state index contributed by atoms with van der Waals surface area (Å²) in [5.74, 6) is 1.53. The van der Waals surface area contributed by atoms with Crippen LogP contribution in [0.15, 0.2) is 84.2 Å². The van der Waals surface area contributed by atoms with Crippen molar-refractivity contribution in [3.8, 4) is 11.5 Å². The number of nitrogens with zero attached hydrogens (tertiary/aromatic N) is 2. The minimum atomic E-state index is -0.0248. The number of Topliss-reactive ketones (excluding diaryl/α,β-unsaturated/α-hetero) is 1. The molecule has 206 valence electrons. The summed E-state index contributed by atoms with van der Waals surface area (Å²) >= 11 is 3.19. The first-order chi connectivity index (χ1) is 19.6. The van der Waals surface area contributed by atoms with Gasteiger partial charge in [0.25, 0.3) is 0 Å². The summed E-state index contributed by atoms with van der Waals surface area (Å²) in [5, 5.41) is 3.02. The van der Waals surface area contributed by atoms with Gasteiger partial charge in [-0.2, -0.15) is 0 Å².